The van der Waals surface area contributed by atoms with Crippen LogP contribution in [0.1, 0.15) is 33.1 Å². The normalized spacial score (nSPS) is 26.1. The van der Waals surface area contributed by atoms with Gasteiger partial charge in [0.25, 0.3) is 0 Å². The summed E-state index contributed by atoms with van der Waals surface area (Å²) in [5.74, 6) is 2.75. The van der Waals surface area contributed by atoms with Crippen molar-refractivity contribution in [1.29, 1.82) is 0 Å². The van der Waals surface area contributed by atoms with E-state index < -0.39 is 0 Å². The number of benzene rings is 1. The second-order valence-corrected chi connectivity index (χ2v) is 6.15. The lowest BCUT2D eigenvalue weighted by Crippen LogP contribution is -2.37. The average molecular weight is 298 g/mol. The Balaban J connectivity index is 2.27. The fraction of sp³-hybridized carbons (Fsp3) is 0.625. The molecule has 0 saturated heterocycles. The number of methoxy groups -OCH3 is 2. The van der Waals surface area contributed by atoms with Gasteiger partial charge in [-0.2, -0.15) is 0 Å². The maximum atomic E-state index is 6.15. The zero-order valence-electron chi connectivity index (χ0n) is 12.7. The van der Waals surface area contributed by atoms with Crippen LogP contribution in [0.2, 0.25) is 5.02 Å². The van der Waals surface area contributed by atoms with E-state index >= 15 is 0 Å². The monoisotopic (exact) mass is 297 g/mol. The minimum atomic E-state index is 0.462. The molecule has 20 heavy (non-hydrogen) atoms. The van der Waals surface area contributed by atoms with E-state index in [4.69, 9.17) is 21.1 Å². The van der Waals surface area contributed by atoms with Crippen LogP contribution in [0.15, 0.2) is 12.1 Å². The molecule has 0 aromatic heterocycles. The van der Waals surface area contributed by atoms with Crippen molar-refractivity contribution >= 4 is 17.3 Å². The van der Waals surface area contributed by atoms with Crippen molar-refractivity contribution in [2.75, 3.05) is 19.5 Å². The summed E-state index contributed by atoms with van der Waals surface area (Å²) in [6.45, 7) is 4.62. The molecule has 2 atom stereocenters. The Morgan fingerprint density at radius 2 is 1.65 bits per heavy atom. The quantitative estimate of drug-likeness (QED) is 0.881. The van der Waals surface area contributed by atoms with Crippen LogP contribution in [0.3, 0.4) is 0 Å². The lowest BCUT2D eigenvalue weighted by Gasteiger charge is -2.36. The molecule has 1 aromatic rings. The first-order valence-corrected chi connectivity index (χ1v) is 7.62. The van der Waals surface area contributed by atoms with E-state index in [1.807, 2.05) is 6.07 Å². The van der Waals surface area contributed by atoms with Crippen molar-refractivity contribution in [2.45, 2.75) is 39.2 Å². The van der Waals surface area contributed by atoms with Gasteiger partial charge in [0.1, 0.15) is 11.5 Å². The standard InChI is InChI=1S/C16H24ClNO2/c1-10-6-5-7-11(2)16(10)18-13-9-14(19-3)12(17)8-15(13)20-4/h8-11,16,18H,5-7H2,1-4H3. The van der Waals surface area contributed by atoms with Gasteiger partial charge < -0.3 is 14.8 Å². The van der Waals surface area contributed by atoms with Gasteiger partial charge >= 0.3 is 0 Å². The predicted molar refractivity (Wildman–Crippen MR) is 84.1 cm³/mol. The topological polar surface area (TPSA) is 30.5 Å². The van der Waals surface area contributed by atoms with Crippen molar-refractivity contribution in [2.24, 2.45) is 11.8 Å². The minimum Gasteiger partial charge on any atom is -0.495 e. The number of hydrogen-bond donors (Lipinski definition) is 1. The molecule has 2 unspecified atom stereocenters. The second-order valence-electron chi connectivity index (χ2n) is 5.74. The van der Waals surface area contributed by atoms with Crippen molar-refractivity contribution < 1.29 is 9.47 Å². The lowest BCUT2D eigenvalue weighted by molar-refractivity contribution is 0.267. The highest BCUT2D eigenvalue weighted by Gasteiger charge is 2.28. The molecule has 1 fully saturated rings. The molecule has 0 amide bonds. The maximum Gasteiger partial charge on any atom is 0.143 e. The molecule has 0 bridgehead atoms. The third kappa shape index (κ3) is 3.14. The Morgan fingerprint density at radius 3 is 2.20 bits per heavy atom. The number of rotatable bonds is 4. The molecule has 112 valence electrons. The summed E-state index contributed by atoms with van der Waals surface area (Å²) in [6, 6.07) is 4.19. The van der Waals surface area contributed by atoms with E-state index in [-0.39, 0.29) is 0 Å². The minimum absolute atomic E-state index is 0.462. The molecule has 0 heterocycles. The van der Waals surface area contributed by atoms with Gasteiger partial charge in [-0.25, -0.2) is 0 Å². The fourth-order valence-corrected chi connectivity index (χ4v) is 3.35. The number of hydrogen-bond acceptors (Lipinski definition) is 3. The molecule has 0 aliphatic heterocycles. The first-order valence-electron chi connectivity index (χ1n) is 7.24. The van der Waals surface area contributed by atoms with E-state index in [2.05, 4.69) is 19.2 Å². The van der Waals surface area contributed by atoms with Crippen molar-refractivity contribution in [3.8, 4) is 11.5 Å². The van der Waals surface area contributed by atoms with Gasteiger partial charge in [0, 0.05) is 18.2 Å². The fourth-order valence-electron chi connectivity index (χ4n) is 3.12. The highest BCUT2D eigenvalue weighted by atomic mass is 35.5. The third-order valence-electron chi connectivity index (χ3n) is 4.34. The van der Waals surface area contributed by atoms with Crippen LogP contribution in [0.5, 0.6) is 11.5 Å². The zero-order chi connectivity index (χ0) is 14.7. The molecule has 1 aliphatic carbocycles. The summed E-state index contributed by atoms with van der Waals surface area (Å²) in [4.78, 5) is 0. The van der Waals surface area contributed by atoms with E-state index in [0.29, 0.717) is 28.6 Å². The smallest absolute Gasteiger partial charge is 0.143 e. The third-order valence-corrected chi connectivity index (χ3v) is 4.64. The van der Waals surface area contributed by atoms with Crippen LogP contribution in [0, 0.1) is 11.8 Å². The van der Waals surface area contributed by atoms with Gasteiger partial charge in [-0.3, -0.25) is 0 Å². The maximum absolute atomic E-state index is 6.15. The summed E-state index contributed by atoms with van der Waals surface area (Å²) in [5, 5.41) is 4.21. The van der Waals surface area contributed by atoms with Gasteiger partial charge in [-0.05, 0) is 24.7 Å². The van der Waals surface area contributed by atoms with Crippen molar-refractivity contribution in [3.63, 3.8) is 0 Å². The number of nitrogens with one attached hydrogen (secondary N) is 1. The average Bonchev–Trinajstić information content (AvgIpc) is 2.44. The van der Waals surface area contributed by atoms with Gasteiger partial charge in [0.05, 0.1) is 24.9 Å². The van der Waals surface area contributed by atoms with Gasteiger partial charge in [-0.1, -0.05) is 31.9 Å². The highest BCUT2D eigenvalue weighted by molar-refractivity contribution is 6.32. The molecule has 1 aliphatic rings. The van der Waals surface area contributed by atoms with Crippen LogP contribution in [0.25, 0.3) is 0 Å². The summed E-state index contributed by atoms with van der Waals surface area (Å²) < 4.78 is 10.7. The number of halogens is 1. The van der Waals surface area contributed by atoms with Crippen molar-refractivity contribution in [3.05, 3.63) is 17.2 Å². The molecule has 1 saturated carbocycles. The van der Waals surface area contributed by atoms with Crippen LogP contribution >= 0.6 is 11.6 Å². The zero-order valence-corrected chi connectivity index (χ0v) is 13.5. The van der Waals surface area contributed by atoms with Crippen molar-refractivity contribution in [1.82, 2.24) is 0 Å². The number of ether oxygens (including phenoxy) is 2. The summed E-state index contributed by atoms with van der Waals surface area (Å²) in [5.41, 5.74) is 0.958. The first-order chi connectivity index (χ1) is 9.56. The summed E-state index contributed by atoms with van der Waals surface area (Å²) in [6.07, 6.45) is 3.87. The Hall–Kier alpha value is -1.09. The highest BCUT2D eigenvalue weighted by Crippen LogP contribution is 2.39. The van der Waals surface area contributed by atoms with E-state index in [1.54, 1.807) is 20.3 Å². The van der Waals surface area contributed by atoms with Crippen LogP contribution < -0.4 is 14.8 Å². The second kappa shape index (κ2) is 6.57. The van der Waals surface area contributed by atoms with Crippen LogP contribution in [-0.2, 0) is 0 Å². The molecular formula is C16H24ClNO2. The van der Waals surface area contributed by atoms with Crippen LogP contribution in [0.4, 0.5) is 5.69 Å². The summed E-state index contributed by atoms with van der Waals surface area (Å²) in [7, 11) is 3.29. The van der Waals surface area contributed by atoms with Gasteiger partial charge in [0.2, 0.25) is 0 Å². The molecular weight excluding hydrogens is 274 g/mol. The largest absolute Gasteiger partial charge is 0.495 e. The Kier molecular flexibility index (Phi) is 5.03. The van der Waals surface area contributed by atoms with Gasteiger partial charge in [-0.15, -0.1) is 0 Å². The first kappa shape index (κ1) is 15.3. The lowest BCUT2D eigenvalue weighted by atomic mass is 9.78. The molecule has 2 rings (SSSR count). The summed E-state index contributed by atoms with van der Waals surface area (Å²) >= 11 is 6.15. The van der Waals surface area contributed by atoms with Gasteiger partial charge in [0.15, 0.2) is 0 Å². The van der Waals surface area contributed by atoms with Crippen LogP contribution in [-0.4, -0.2) is 20.3 Å². The Bertz CT molecular complexity index is 454. The van der Waals surface area contributed by atoms with E-state index in [1.165, 1.54) is 19.3 Å². The molecule has 0 radical (unpaired) electrons. The molecule has 1 aromatic carbocycles. The van der Waals surface area contributed by atoms with E-state index in [9.17, 15) is 0 Å². The Morgan fingerprint density at radius 1 is 1.05 bits per heavy atom. The predicted octanol–water partition coefficient (Wildman–Crippen LogP) is 4.59. The van der Waals surface area contributed by atoms with E-state index in [0.717, 1.165) is 11.4 Å². The molecule has 0 spiro atoms. The molecule has 4 heteroatoms. The molecule has 3 nitrogen and oxygen atoms in total. The molecule has 1 N–H and O–H groups in total. The SMILES string of the molecule is COc1cc(NC2C(C)CCCC2C)c(OC)cc1Cl. The number of anilines is 1. The Labute approximate surface area is 126 Å².